The highest BCUT2D eigenvalue weighted by atomic mass is 35.5. The number of aliphatic hydroxyl groups excluding tert-OH is 1. The molecule has 1 aromatic rings. The van der Waals surface area contributed by atoms with Crippen LogP contribution in [-0.4, -0.2) is 42.8 Å². The Kier molecular flexibility index (Phi) is 7.25. The Bertz CT molecular complexity index is 462. The van der Waals surface area contributed by atoms with Crippen molar-refractivity contribution in [3.63, 3.8) is 0 Å². The molecule has 0 amide bonds. The van der Waals surface area contributed by atoms with Gasteiger partial charge in [-0.15, -0.1) is 12.4 Å². The van der Waals surface area contributed by atoms with Gasteiger partial charge in [0.05, 0.1) is 0 Å². The Morgan fingerprint density at radius 1 is 1.29 bits per heavy atom. The highest BCUT2D eigenvalue weighted by Crippen LogP contribution is 2.41. The van der Waals surface area contributed by atoms with Gasteiger partial charge in [-0.1, -0.05) is 43.1 Å². The van der Waals surface area contributed by atoms with Crippen molar-refractivity contribution in [1.29, 1.82) is 0 Å². The van der Waals surface area contributed by atoms with Crippen molar-refractivity contribution in [2.24, 2.45) is 5.41 Å². The first-order valence-electron chi connectivity index (χ1n) is 6.96. The molecule has 0 aliphatic carbocycles. The van der Waals surface area contributed by atoms with Crippen LogP contribution in [0.4, 0.5) is 0 Å². The van der Waals surface area contributed by atoms with Gasteiger partial charge in [0.25, 0.3) is 0 Å². The van der Waals surface area contributed by atoms with Gasteiger partial charge in [0.1, 0.15) is 0 Å². The third-order valence-corrected chi connectivity index (χ3v) is 4.48. The van der Waals surface area contributed by atoms with Gasteiger partial charge in [-0.25, -0.2) is 0 Å². The number of hydrogen-bond acceptors (Lipinski definition) is 3. The monoisotopic (exact) mass is 352 g/mol. The van der Waals surface area contributed by atoms with Crippen LogP contribution in [0.3, 0.4) is 0 Å². The zero-order chi connectivity index (χ0) is 14.8. The fraction of sp³-hybridized carbons (Fsp3) is 0.600. The van der Waals surface area contributed by atoms with E-state index in [4.69, 9.17) is 23.2 Å². The lowest BCUT2D eigenvalue weighted by Gasteiger charge is -2.43. The van der Waals surface area contributed by atoms with E-state index in [1.165, 1.54) is 0 Å². The lowest BCUT2D eigenvalue weighted by atomic mass is 9.79. The van der Waals surface area contributed by atoms with E-state index in [1.807, 2.05) is 12.1 Å². The molecule has 1 aromatic carbocycles. The molecule has 1 fully saturated rings. The second-order valence-electron chi connectivity index (χ2n) is 6.00. The maximum absolute atomic E-state index is 9.79. The smallest absolute Gasteiger partial charge is 0.0500 e. The van der Waals surface area contributed by atoms with Crippen LogP contribution >= 0.6 is 35.6 Å². The summed E-state index contributed by atoms with van der Waals surface area (Å²) in [7, 11) is 0. The number of rotatable bonds is 4. The summed E-state index contributed by atoms with van der Waals surface area (Å²) < 4.78 is 0. The highest BCUT2D eigenvalue weighted by Gasteiger charge is 2.36. The quantitative estimate of drug-likeness (QED) is 0.871. The number of nitrogens with one attached hydrogen (secondary N) is 1. The van der Waals surface area contributed by atoms with Gasteiger partial charge in [0, 0.05) is 54.3 Å². The number of hydrogen-bond donors (Lipinski definition) is 2. The standard InChI is InChI=1S/C15H22Cl2N2O.ClH/c1-15(2,10-20)14(19-7-5-18-6-8-19)12-4-3-11(16)9-13(12)17;/h3-4,9,14,18,20H,5-8,10H2,1-2H3;1H/t14-;/m0./s1. The zero-order valence-corrected chi connectivity index (χ0v) is 14.7. The Hall–Kier alpha value is -0.0300. The average Bonchev–Trinajstić information content (AvgIpc) is 2.43. The first-order chi connectivity index (χ1) is 9.45. The Morgan fingerprint density at radius 3 is 2.43 bits per heavy atom. The first-order valence-corrected chi connectivity index (χ1v) is 7.72. The van der Waals surface area contributed by atoms with Crippen LogP contribution in [0.25, 0.3) is 0 Å². The second-order valence-corrected chi connectivity index (χ2v) is 6.84. The van der Waals surface area contributed by atoms with Gasteiger partial charge in [-0.2, -0.15) is 0 Å². The summed E-state index contributed by atoms with van der Waals surface area (Å²) in [6.45, 7) is 8.09. The minimum atomic E-state index is -0.269. The van der Waals surface area contributed by atoms with E-state index in [2.05, 4.69) is 24.1 Å². The summed E-state index contributed by atoms with van der Waals surface area (Å²) in [4.78, 5) is 2.39. The van der Waals surface area contributed by atoms with Gasteiger partial charge < -0.3 is 10.4 Å². The normalized spacial score (nSPS) is 18.1. The summed E-state index contributed by atoms with van der Waals surface area (Å²) in [5, 5.41) is 14.5. The minimum absolute atomic E-state index is 0. The molecule has 0 aromatic heterocycles. The van der Waals surface area contributed by atoms with Gasteiger partial charge in [-0.3, -0.25) is 4.90 Å². The molecule has 1 atom stereocenters. The average molecular weight is 354 g/mol. The van der Waals surface area contributed by atoms with Crippen molar-refractivity contribution in [2.75, 3.05) is 32.8 Å². The lowest BCUT2D eigenvalue weighted by Crippen LogP contribution is -2.49. The number of aliphatic hydroxyl groups is 1. The van der Waals surface area contributed by atoms with Crippen molar-refractivity contribution < 1.29 is 5.11 Å². The second kappa shape index (κ2) is 8.00. The third-order valence-electron chi connectivity index (χ3n) is 3.92. The van der Waals surface area contributed by atoms with Crippen molar-refractivity contribution in [3.8, 4) is 0 Å². The number of halogens is 3. The molecular formula is C15H23Cl3N2O. The van der Waals surface area contributed by atoms with E-state index in [9.17, 15) is 5.11 Å². The van der Waals surface area contributed by atoms with Crippen LogP contribution in [0, 0.1) is 5.41 Å². The first kappa shape index (κ1) is 19.0. The minimum Gasteiger partial charge on any atom is -0.396 e. The number of piperazine rings is 1. The highest BCUT2D eigenvalue weighted by molar-refractivity contribution is 6.35. The molecule has 0 bridgehead atoms. The summed E-state index contributed by atoms with van der Waals surface area (Å²) in [5.74, 6) is 0. The predicted molar refractivity (Wildman–Crippen MR) is 91.8 cm³/mol. The van der Waals surface area contributed by atoms with Crippen LogP contribution in [0.15, 0.2) is 18.2 Å². The van der Waals surface area contributed by atoms with E-state index < -0.39 is 0 Å². The van der Waals surface area contributed by atoms with E-state index in [0.29, 0.717) is 10.0 Å². The van der Waals surface area contributed by atoms with E-state index in [0.717, 1.165) is 31.7 Å². The summed E-state index contributed by atoms with van der Waals surface area (Å²) in [6, 6.07) is 5.71. The molecule has 0 saturated carbocycles. The summed E-state index contributed by atoms with van der Waals surface area (Å²) in [6.07, 6.45) is 0. The maximum atomic E-state index is 9.79. The maximum Gasteiger partial charge on any atom is 0.0500 e. The van der Waals surface area contributed by atoms with Crippen molar-refractivity contribution in [2.45, 2.75) is 19.9 Å². The summed E-state index contributed by atoms with van der Waals surface area (Å²) in [5.41, 5.74) is 0.770. The van der Waals surface area contributed by atoms with Gasteiger partial charge in [0.15, 0.2) is 0 Å². The lowest BCUT2D eigenvalue weighted by molar-refractivity contribution is 0.0306. The van der Waals surface area contributed by atoms with Crippen LogP contribution in [0.1, 0.15) is 25.5 Å². The molecule has 6 heteroatoms. The molecule has 3 nitrogen and oxygen atoms in total. The molecule has 1 saturated heterocycles. The van der Waals surface area contributed by atoms with E-state index >= 15 is 0 Å². The van der Waals surface area contributed by atoms with Crippen LogP contribution < -0.4 is 5.32 Å². The molecule has 2 rings (SSSR count). The topological polar surface area (TPSA) is 35.5 Å². The Balaban J connectivity index is 0.00000220. The Morgan fingerprint density at radius 2 is 1.90 bits per heavy atom. The molecule has 2 N–H and O–H groups in total. The molecule has 1 heterocycles. The molecule has 21 heavy (non-hydrogen) atoms. The predicted octanol–water partition coefficient (Wildman–Crippen LogP) is 3.38. The van der Waals surface area contributed by atoms with E-state index in [1.54, 1.807) is 6.07 Å². The zero-order valence-electron chi connectivity index (χ0n) is 12.4. The molecule has 0 spiro atoms. The largest absolute Gasteiger partial charge is 0.396 e. The molecule has 1 aliphatic heterocycles. The molecular weight excluding hydrogens is 331 g/mol. The molecule has 1 aliphatic rings. The van der Waals surface area contributed by atoms with Gasteiger partial charge in [-0.05, 0) is 17.7 Å². The summed E-state index contributed by atoms with van der Waals surface area (Å²) >= 11 is 12.4. The number of nitrogens with zero attached hydrogens (tertiary/aromatic N) is 1. The van der Waals surface area contributed by atoms with E-state index in [-0.39, 0.29) is 30.5 Å². The third kappa shape index (κ3) is 4.47. The van der Waals surface area contributed by atoms with Gasteiger partial charge >= 0.3 is 0 Å². The van der Waals surface area contributed by atoms with Crippen molar-refractivity contribution >= 4 is 35.6 Å². The van der Waals surface area contributed by atoms with Crippen LogP contribution in [0.5, 0.6) is 0 Å². The molecule has 120 valence electrons. The van der Waals surface area contributed by atoms with Crippen molar-refractivity contribution in [1.82, 2.24) is 10.2 Å². The SMILES string of the molecule is CC(C)(CO)[C@H](c1ccc(Cl)cc1Cl)N1CCNCC1.Cl. The number of benzene rings is 1. The van der Waals surface area contributed by atoms with Crippen LogP contribution in [-0.2, 0) is 0 Å². The fourth-order valence-corrected chi connectivity index (χ4v) is 3.37. The van der Waals surface area contributed by atoms with Crippen LogP contribution in [0.2, 0.25) is 10.0 Å². The fourth-order valence-electron chi connectivity index (χ4n) is 2.86. The molecule has 0 unspecified atom stereocenters. The Labute approximate surface area is 143 Å². The van der Waals surface area contributed by atoms with Gasteiger partial charge in [0.2, 0.25) is 0 Å². The molecule has 0 radical (unpaired) electrons. The van der Waals surface area contributed by atoms with Crippen molar-refractivity contribution in [3.05, 3.63) is 33.8 Å².